The average Bonchev–Trinajstić information content (AvgIpc) is 3.46. The molecule has 7 nitrogen and oxygen atoms in total. The van der Waals surface area contributed by atoms with E-state index in [1.807, 2.05) is 30.3 Å². The molecule has 1 amide bonds. The van der Waals surface area contributed by atoms with Crippen molar-refractivity contribution in [2.24, 2.45) is 0 Å². The van der Waals surface area contributed by atoms with E-state index in [1.165, 1.54) is 36.9 Å². The van der Waals surface area contributed by atoms with Crippen LogP contribution in [0, 0.1) is 6.92 Å². The van der Waals surface area contributed by atoms with Crippen LogP contribution in [0.2, 0.25) is 0 Å². The Kier molecular flexibility index (Phi) is 5.88. The summed E-state index contributed by atoms with van der Waals surface area (Å²) < 4.78 is 9.85. The van der Waals surface area contributed by atoms with Crippen LogP contribution in [0.15, 0.2) is 30.3 Å². The Balaban J connectivity index is 1.68. The summed E-state index contributed by atoms with van der Waals surface area (Å²) in [5.74, 6) is -1.87. The summed E-state index contributed by atoms with van der Waals surface area (Å²) in [5, 5.41) is 3.98. The van der Waals surface area contributed by atoms with Crippen LogP contribution in [0.25, 0.3) is 10.6 Å². The summed E-state index contributed by atoms with van der Waals surface area (Å²) in [6, 6.07) is 9.63. The highest BCUT2D eigenvalue weighted by Gasteiger charge is 2.38. The number of methoxy groups -OCH3 is 2. The van der Waals surface area contributed by atoms with Gasteiger partial charge in [-0.3, -0.25) is 9.59 Å². The number of fused-ring (bicyclic) bond motifs is 1. The third-order valence-corrected chi connectivity index (χ3v) is 7.54. The molecule has 2 heterocycles. The Labute approximate surface area is 187 Å². The average molecular weight is 457 g/mol. The van der Waals surface area contributed by atoms with Crippen molar-refractivity contribution in [3.8, 4) is 10.6 Å². The number of carbonyl (C=O) groups excluding carboxylic acids is 3. The van der Waals surface area contributed by atoms with Crippen LogP contribution in [0.4, 0.5) is 5.00 Å². The van der Waals surface area contributed by atoms with E-state index in [-0.39, 0.29) is 11.5 Å². The van der Waals surface area contributed by atoms with E-state index in [0.717, 1.165) is 15.4 Å². The molecule has 9 heteroatoms. The Morgan fingerprint density at radius 2 is 1.84 bits per heavy atom. The van der Waals surface area contributed by atoms with Crippen LogP contribution >= 0.6 is 22.7 Å². The standard InChI is InChI=1S/C22H20N2O5S2/c1-11-17(31-19(23-11)12-7-5-4-6-8-12)18(25)24-20-16(22(27)29-3)15-13(21(26)28-2)9-10-14(15)30-20/h4-8,13H,9-10H2,1-3H3,(H,24,25)/t13-/m0/s1. The maximum Gasteiger partial charge on any atom is 0.341 e. The fourth-order valence-electron chi connectivity index (χ4n) is 3.71. The largest absolute Gasteiger partial charge is 0.469 e. The number of nitrogens with zero attached hydrogens (tertiary/aromatic N) is 1. The highest BCUT2D eigenvalue weighted by Crippen LogP contribution is 2.46. The first-order valence-corrected chi connectivity index (χ1v) is 11.2. The molecule has 0 saturated heterocycles. The van der Waals surface area contributed by atoms with Gasteiger partial charge in [-0.2, -0.15) is 0 Å². The van der Waals surface area contributed by atoms with E-state index in [1.54, 1.807) is 6.92 Å². The zero-order valence-corrected chi connectivity index (χ0v) is 18.8. The number of ether oxygens (including phenoxy) is 2. The van der Waals surface area contributed by atoms with Crippen LogP contribution < -0.4 is 5.32 Å². The molecule has 4 rings (SSSR count). The highest BCUT2D eigenvalue weighted by molar-refractivity contribution is 7.18. The number of rotatable bonds is 5. The van der Waals surface area contributed by atoms with Gasteiger partial charge in [-0.25, -0.2) is 9.78 Å². The summed E-state index contributed by atoms with van der Waals surface area (Å²) >= 11 is 2.59. The smallest absolute Gasteiger partial charge is 0.341 e. The topological polar surface area (TPSA) is 94.6 Å². The fourth-order valence-corrected chi connectivity index (χ4v) is 5.93. The molecule has 1 aromatic carbocycles. The first-order valence-electron chi connectivity index (χ1n) is 9.60. The summed E-state index contributed by atoms with van der Waals surface area (Å²) in [5.41, 5.74) is 2.37. The minimum absolute atomic E-state index is 0.231. The zero-order valence-electron chi connectivity index (χ0n) is 17.2. The second kappa shape index (κ2) is 8.60. The van der Waals surface area contributed by atoms with Crippen molar-refractivity contribution in [3.05, 3.63) is 56.9 Å². The number of aryl methyl sites for hydroxylation is 2. The Hall–Kier alpha value is -3.04. The zero-order chi connectivity index (χ0) is 22.1. The molecule has 160 valence electrons. The number of nitrogens with one attached hydrogen (secondary N) is 1. The number of carbonyl (C=O) groups is 3. The molecule has 31 heavy (non-hydrogen) atoms. The lowest BCUT2D eigenvalue weighted by Crippen LogP contribution is -2.17. The van der Waals surface area contributed by atoms with Crippen molar-refractivity contribution < 1.29 is 23.9 Å². The van der Waals surface area contributed by atoms with Gasteiger partial charge in [-0.1, -0.05) is 30.3 Å². The molecule has 1 atom stereocenters. The second-order valence-corrected chi connectivity index (χ2v) is 9.11. The summed E-state index contributed by atoms with van der Waals surface area (Å²) in [4.78, 5) is 43.7. The van der Waals surface area contributed by atoms with Crippen LogP contribution in [0.1, 0.15) is 48.5 Å². The number of thiophene rings is 1. The van der Waals surface area contributed by atoms with Crippen molar-refractivity contribution in [2.75, 3.05) is 19.5 Å². The van der Waals surface area contributed by atoms with Crippen LogP contribution in [0.3, 0.4) is 0 Å². The maximum absolute atomic E-state index is 13.1. The summed E-state index contributed by atoms with van der Waals surface area (Å²) in [6.45, 7) is 1.78. The van der Waals surface area contributed by atoms with Gasteiger partial charge in [0.25, 0.3) is 5.91 Å². The number of hydrogen-bond donors (Lipinski definition) is 1. The Morgan fingerprint density at radius 3 is 2.52 bits per heavy atom. The molecular formula is C22H20N2O5S2. The lowest BCUT2D eigenvalue weighted by atomic mass is 9.99. The quantitative estimate of drug-likeness (QED) is 0.571. The van der Waals surface area contributed by atoms with Gasteiger partial charge in [0.05, 0.1) is 31.4 Å². The summed E-state index contributed by atoms with van der Waals surface area (Å²) in [6.07, 6.45) is 1.21. The van der Waals surface area contributed by atoms with Crippen LogP contribution in [0.5, 0.6) is 0 Å². The number of benzene rings is 1. The number of aromatic nitrogens is 1. The fraction of sp³-hybridized carbons (Fsp3) is 0.273. The van der Waals surface area contributed by atoms with Crippen LogP contribution in [-0.2, 0) is 20.7 Å². The molecule has 1 aliphatic carbocycles. The third kappa shape index (κ3) is 3.86. The van der Waals surface area contributed by atoms with E-state index in [0.29, 0.717) is 34.0 Å². The van der Waals surface area contributed by atoms with Crippen molar-refractivity contribution in [1.82, 2.24) is 4.98 Å². The lowest BCUT2D eigenvalue weighted by Gasteiger charge is -2.11. The Bertz CT molecular complexity index is 1170. The third-order valence-electron chi connectivity index (χ3n) is 5.16. The van der Waals surface area contributed by atoms with Gasteiger partial charge < -0.3 is 14.8 Å². The van der Waals surface area contributed by atoms with Crippen molar-refractivity contribution >= 4 is 45.5 Å². The molecule has 0 aliphatic heterocycles. The lowest BCUT2D eigenvalue weighted by molar-refractivity contribution is -0.142. The minimum Gasteiger partial charge on any atom is -0.469 e. The first-order chi connectivity index (χ1) is 14.9. The van der Waals surface area contributed by atoms with E-state index >= 15 is 0 Å². The van der Waals surface area contributed by atoms with E-state index in [2.05, 4.69) is 10.3 Å². The second-order valence-electron chi connectivity index (χ2n) is 7.00. The van der Waals surface area contributed by atoms with Gasteiger partial charge in [-0.05, 0) is 25.3 Å². The predicted molar refractivity (Wildman–Crippen MR) is 119 cm³/mol. The number of esters is 2. The van der Waals surface area contributed by atoms with Gasteiger partial charge >= 0.3 is 11.9 Å². The monoisotopic (exact) mass is 456 g/mol. The van der Waals surface area contributed by atoms with Gasteiger partial charge in [0.2, 0.25) is 0 Å². The maximum atomic E-state index is 13.1. The molecule has 0 fully saturated rings. The van der Waals surface area contributed by atoms with Gasteiger partial charge in [0.1, 0.15) is 14.9 Å². The van der Waals surface area contributed by atoms with Crippen molar-refractivity contribution in [3.63, 3.8) is 0 Å². The van der Waals surface area contributed by atoms with Crippen LogP contribution in [-0.4, -0.2) is 37.0 Å². The first kappa shape index (κ1) is 21.2. The number of hydrogen-bond acceptors (Lipinski definition) is 8. The molecule has 3 aromatic rings. The SMILES string of the molecule is COC(=O)c1c(NC(=O)c2sc(-c3ccccc3)nc2C)sc2c1[C@@H](C(=O)OC)CC2. The molecule has 0 saturated carbocycles. The van der Waals surface area contributed by atoms with E-state index < -0.39 is 17.9 Å². The molecule has 1 N–H and O–H groups in total. The van der Waals surface area contributed by atoms with E-state index in [9.17, 15) is 14.4 Å². The highest BCUT2D eigenvalue weighted by atomic mass is 32.1. The minimum atomic E-state index is -0.588. The molecular weight excluding hydrogens is 436 g/mol. The van der Waals surface area contributed by atoms with Crippen molar-refractivity contribution in [1.29, 1.82) is 0 Å². The number of amides is 1. The molecule has 2 aromatic heterocycles. The van der Waals surface area contributed by atoms with Gasteiger partial charge in [0.15, 0.2) is 0 Å². The number of thiazole rings is 1. The molecule has 1 aliphatic rings. The molecule has 0 radical (unpaired) electrons. The molecule has 0 bridgehead atoms. The molecule has 0 spiro atoms. The van der Waals surface area contributed by atoms with E-state index in [4.69, 9.17) is 9.47 Å². The van der Waals surface area contributed by atoms with Gasteiger partial charge in [-0.15, -0.1) is 22.7 Å². The van der Waals surface area contributed by atoms with Crippen molar-refractivity contribution in [2.45, 2.75) is 25.7 Å². The summed E-state index contributed by atoms with van der Waals surface area (Å²) in [7, 11) is 2.60. The predicted octanol–water partition coefficient (Wildman–Crippen LogP) is 4.42. The number of anilines is 1. The normalized spacial score (nSPS) is 14.7. The van der Waals surface area contributed by atoms with Gasteiger partial charge in [0, 0.05) is 10.4 Å². The molecule has 0 unspecified atom stereocenters. The Morgan fingerprint density at radius 1 is 1.10 bits per heavy atom.